The minimum absolute atomic E-state index is 0.183. The number of rotatable bonds is 4. The lowest BCUT2D eigenvalue weighted by molar-refractivity contribution is 0.0696. The van der Waals surface area contributed by atoms with Gasteiger partial charge in [-0.2, -0.15) is 0 Å². The number of hydrogen-bond donors (Lipinski definition) is 2. The summed E-state index contributed by atoms with van der Waals surface area (Å²) < 4.78 is 0. The zero-order valence-corrected chi connectivity index (χ0v) is 11.7. The van der Waals surface area contributed by atoms with E-state index >= 15 is 0 Å². The van der Waals surface area contributed by atoms with E-state index in [1.54, 1.807) is 0 Å². The van der Waals surface area contributed by atoms with Crippen LogP contribution >= 0.6 is 11.3 Å². The highest BCUT2D eigenvalue weighted by molar-refractivity contribution is 7.11. The fourth-order valence-electron chi connectivity index (χ4n) is 3.21. The molecular weight excluding hydrogens is 262 g/mol. The van der Waals surface area contributed by atoms with E-state index < -0.39 is 5.97 Å². The highest BCUT2D eigenvalue weighted by Crippen LogP contribution is 2.27. The van der Waals surface area contributed by atoms with E-state index in [9.17, 15) is 4.79 Å². The van der Waals surface area contributed by atoms with Crippen LogP contribution in [0.5, 0.6) is 0 Å². The zero-order chi connectivity index (χ0) is 13.2. The molecule has 2 unspecified atom stereocenters. The second-order valence-corrected chi connectivity index (χ2v) is 6.18. The molecule has 3 rings (SSSR count). The van der Waals surface area contributed by atoms with Crippen LogP contribution in [0.25, 0.3) is 0 Å². The molecule has 2 saturated heterocycles. The van der Waals surface area contributed by atoms with Gasteiger partial charge in [-0.1, -0.05) is 6.42 Å². The SMILES string of the molecule is O=C(O)c1nc(CNC2CCN3CCCCC23)cs1. The Hall–Kier alpha value is -0.980. The normalized spacial score (nSPS) is 27.4. The summed E-state index contributed by atoms with van der Waals surface area (Å²) in [5.74, 6) is -0.935. The first-order valence-corrected chi connectivity index (χ1v) is 7.77. The van der Waals surface area contributed by atoms with Crippen molar-refractivity contribution in [2.75, 3.05) is 13.1 Å². The molecular formula is C13H19N3O2S. The smallest absolute Gasteiger partial charge is 0.365 e. The van der Waals surface area contributed by atoms with Crippen molar-refractivity contribution in [3.8, 4) is 0 Å². The molecule has 1 aromatic heterocycles. The van der Waals surface area contributed by atoms with Gasteiger partial charge in [0.15, 0.2) is 0 Å². The third kappa shape index (κ3) is 2.80. The second-order valence-electron chi connectivity index (χ2n) is 5.32. The van der Waals surface area contributed by atoms with Crippen molar-refractivity contribution in [2.24, 2.45) is 0 Å². The molecule has 0 radical (unpaired) electrons. The van der Waals surface area contributed by atoms with Crippen molar-refractivity contribution in [1.29, 1.82) is 0 Å². The summed E-state index contributed by atoms with van der Waals surface area (Å²) in [6, 6.07) is 1.21. The average molecular weight is 281 g/mol. The van der Waals surface area contributed by atoms with Crippen molar-refractivity contribution >= 4 is 17.3 Å². The molecule has 2 aliphatic rings. The van der Waals surface area contributed by atoms with Crippen LogP contribution in [0.15, 0.2) is 5.38 Å². The first-order valence-electron chi connectivity index (χ1n) is 6.89. The van der Waals surface area contributed by atoms with Gasteiger partial charge < -0.3 is 10.4 Å². The number of fused-ring (bicyclic) bond motifs is 1. The summed E-state index contributed by atoms with van der Waals surface area (Å²) in [5.41, 5.74) is 0.844. The molecule has 0 saturated carbocycles. The number of piperidine rings is 1. The van der Waals surface area contributed by atoms with Gasteiger partial charge in [-0.15, -0.1) is 11.3 Å². The van der Waals surface area contributed by atoms with Crippen LogP contribution in [0.1, 0.15) is 41.2 Å². The molecule has 0 aromatic carbocycles. The van der Waals surface area contributed by atoms with E-state index in [0.29, 0.717) is 18.6 Å². The third-order valence-corrected chi connectivity index (χ3v) is 5.02. The molecule has 3 heterocycles. The maximum absolute atomic E-state index is 10.8. The number of nitrogens with zero attached hydrogens (tertiary/aromatic N) is 2. The van der Waals surface area contributed by atoms with Gasteiger partial charge in [0.2, 0.25) is 5.01 Å². The first kappa shape index (κ1) is 13.0. The zero-order valence-electron chi connectivity index (χ0n) is 10.8. The maximum atomic E-state index is 10.8. The highest BCUT2D eigenvalue weighted by atomic mass is 32.1. The fraction of sp³-hybridized carbons (Fsp3) is 0.692. The molecule has 2 atom stereocenters. The minimum Gasteiger partial charge on any atom is -0.476 e. The summed E-state index contributed by atoms with van der Waals surface area (Å²) in [7, 11) is 0. The molecule has 104 valence electrons. The van der Waals surface area contributed by atoms with Gasteiger partial charge in [0.1, 0.15) is 0 Å². The Morgan fingerprint density at radius 3 is 3.16 bits per heavy atom. The molecule has 2 N–H and O–H groups in total. The minimum atomic E-state index is -0.935. The predicted molar refractivity (Wildman–Crippen MR) is 73.5 cm³/mol. The third-order valence-electron chi connectivity index (χ3n) is 4.14. The summed E-state index contributed by atoms with van der Waals surface area (Å²) in [5, 5.41) is 14.4. The lowest BCUT2D eigenvalue weighted by atomic mass is 9.99. The van der Waals surface area contributed by atoms with Gasteiger partial charge in [0.05, 0.1) is 5.69 Å². The van der Waals surface area contributed by atoms with E-state index in [1.165, 1.54) is 50.1 Å². The van der Waals surface area contributed by atoms with E-state index in [4.69, 9.17) is 5.11 Å². The van der Waals surface area contributed by atoms with Crippen molar-refractivity contribution in [3.05, 3.63) is 16.1 Å². The van der Waals surface area contributed by atoms with E-state index in [-0.39, 0.29) is 5.01 Å². The van der Waals surface area contributed by atoms with Crippen LogP contribution in [-0.2, 0) is 6.54 Å². The number of aromatic carboxylic acids is 1. The van der Waals surface area contributed by atoms with E-state index in [0.717, 1.165) is 5.69 Å². The lowest BCUT2D eigenvalue weighted by Gasteiger charge is -2.32. The second kappa shape index (κ2) is 5.56. The number of nitrogens with one attached hydrogen (secondary N) is 1. The van der Waals surface area contributed by atoms with Crippen LogP contribution in [-0.4, -0.2) is 46.1 Å². The number of hydrogen-bond acceptors (Lipinski definition) is 5. The Labute approximate surface area is 116 Å². The van der Waals surface area contributed by atoms with Crippen molar-refractivity contribution in [3.63, 3.8) is 0 Å². The molecule has 0 bridgehead atoms. The topological polar surface area (TPSA) is 65.5 Å². The van der Waals surface area contributed by atoms with Crippen LogP contribution in [0.2, 0.25) is 0 Å². The summed E-state index contributed by atoms with van der Waals surface area (Å²) in [6.45, 7) is 3.11. The maximum Gasteiger partial charge on any atom is 0.365 e. The van der Waals surface area contributed by atoms with Gasteiger partial charge in [-0.05, 0) is 25.8 Å². The summed E-state index contributed by atoms with van der Waals surface area (Å²) >= 11 is 1.20. The van der Waals surface area contributed by atoms with E-state index in [2.05, 4.69) is 15.2 Å². The quantitative estimate of drug-likeness (QED) is 0.877. The van der Waals surface area contributed by atoms with Gasteiger partial charge in [-0.3, -0.25) is 4.90 Å². The standard InChI is InChI=1S/C13H19N3O2S/c17-13(18)12-15-9(8-19-12)7-14-10-4-6-16-5-2-1-3-11(10)16/h8,10-11,14H,1-7H2,(H,17,18). The molecule has 2 aliphatic heterocycles. The number of carbonyl (C=O) groups is 1. The number of aromatic nitrogens is 1. The number of thiazole rings is 1. The molecule has 1 aromatic rings. The van der Waals surface area contributed by atoms with Crippen molar-refractivity contribution < 1.29 is 9.90 Å². The van der Waals surface area contributed by atoms with E-state index in [1.807, 2.05) is 5.38 Å². The lowest BCUT2D eigenvalue weighted by Crippen LogP contribution is -2.44. The number of carboxylic acids is 1. The molecule has 0 spiro atoms. The Balaban J connectivity index is 1.55. The Morgan fingerprint density at radius 1 is 1.47 bits per heavy atom. The van der Waals surface area contributed by atoms with Gasteiger partial charge in [0.25, 0.3) is 0 Å². The van der Waals surface area contributed by atoms with Crippen molar-refractivity contribution in [1.82, 2.24) is 15.2 Å². The molecule has 19 heavy (non-hydrogen) atoms. The fourth-order valence-corrected chi connectivity index (χ4v) is 3.86. The molecule has 2 fully saturated rings. The van der Waals surface area contributed by atoms with Gasteiger partial charge in [0, 0.05) is 30.6 Å². The van der Waals surface area contributed by atoms with Crippen LogP contribution in [0.4, 0.5) is 0 Å². The van der Waals surface area contributed by atoms with Gasteiger partial charge >= 0.3 is 5.97 Å². The molecule has 0 amide bonds. The monoisotopic (exact) mass is 281 g/mol. The van der Waals surface area contributed by atoms with Gasteiger partial charge in [-0.25, -0.2) is 9.78 Å². The van der Waals surface area contributed by atoms with Crippen LogP contribution < -0.4 is 5.32 Å². The Morgan fingerprint density at radius 2 is 2.37 bits per heavy atom. The highest BCUT2D eigenvalue weighted by Gasteiger charge is 2.34. The summed E-state index contributed by atoms with van der Waals surface area (Å²) in [6.07, 6.45) is 5.15. The molecule has 5 nitrogen and oxygen atoms in total. The molecule has 6 heteroatoms. The Kier molecular flexibility index (Phi) is 3.81. The number of carboxylic acid groups (broad SMARTS) is 1. The van der Waals surface area contributed by atoms with Crippen molar-refractivity contribution in [2.45, 2.75) is 44.3 Å². The predicted octanol–water partition coefficient (Wildman–Crippen LogP) is 1.56. The largest absolute Gasteiger partial charge is 0.476 e. The summed E-state index contributed by atoms with van der Waals surface area (Å²) in [4.78, 5) is 17.5. The average Bonchev–Trinajstić information content (AvgIpc) is 3.03. The van der Waals surface area contributed by atoms with Crippen LogP contribution in [0.3, 0.4) is 0 Å². The first-order chi connectivity index (χ1) is 9.24. The van der Waals surface area contributed by atoms with Crippen LogP contribution in [0, 0.1) is 0 Å². The Bertz CT molecular complexity index is 462. The molecule has 0 aliphatic carbocycles.